The Morgan fingerprint density at radius 1 is 1.50 bits per heavy atom. The largest absolute Gasteiger partial charge is 0.480 e. The highest BCUT2D eigenvalue weighted by Gasteiger charge is 2.26. The number of carboxylic acids is 1. The molecule has 0 bridgehead atoms. The van der Waals surface area contributed by atoms with E-state index in [0.29, 0.717) is 6.04 Å². The molecule has 0 saturated carbocycles. The second kappa shape index (κ2) is 6.41. The number of furan rings is 1. The monoisotopic (exact) mass is 281 g/mol. The molecule has 20 heavy (non-hydrogen) atoms. The van der Waals surface area contributed by atoms with E-state index in [1.54, 1.807) is 0 Å². The molecule has 1 aromatic heterocycles. The molecule has 1 aromatic rings. The van der Waals surface area contributed by atoms with Crippen LogP contribution in [0.1, 0.15) is 42.9 Å². The Labute approximate surface area is 119 Å². The highest BCUT2D eigenvalue weighted by atomic mass is 16.5. The van der Waals surface area contributed by atoms with Crippen LogP contribution >= 0.6 is 0 Å². The number of carboxylic acid groups (broad SMARTS) is 1. The van der Waals surface area contributed by atoms with E-state index < -0.39 is 5.97 Å². The first kappa shape index (κ1) is 15.1. The van der Waals surface area contributed by atoms with Crippen molar-refractivity contribution in [3.63, 3.8) is 0 Å². The zero-order valence-electron chi connectivity index (χ0n) is 12.4. The molecule has 1 N–H and O–H groups in total. The summed E-state index contributed by atoms with van der Waals surface area (Å²) in [6.07, 6.45) is 1.84. The number of ether oxygens (including phenoxy) is 1. The first-order valence-electron chi connectivity index (χ1n) is 7.11. The van der Waals surface area contributed by atoms with E-state index in [1.807, 2.05) is 13.8 Å². The number of hydrogen-bond acceptors (Lipinski definition) is 4. The highest BCUT2D eigenvalue weighted by Crippen LogP contribution is 2.29. The van der Waals surface area contributed by atoms with Gasteiger partial charge in [0.1, 0.15) is 18.1 Å². The summed E-state index contributed by atoms with van der Waals surface area (Å²) in [5.74, 6) is 1.04. The van der Waals surface area contributed by atoms with Gasteiger partial charge in [-0.1, -0.05) is 0 Å². The molecule has 2 rings (SSSR count). The molecule has 5 nitrogen and oxygen atoms in total. The third-order valence-corrected chi connectivity index (χ3v) is 4.00. The van der Waals surface area contributed by atoms with Crippen molar-refractivity contribution in [3.05, 3.63) is 23.2 Å². The molecule has 0 aliphatic carbocycles. The van der Waals surface area contributed by atoms with Crippen molar-refractivity contribution in [3.8, 4) is 0 Å². The summed E-state index contributed by atoms with van der Waals surface area (Å²) in [6.45, 7) is 7.82. The van der Waals surface area contributed by atoms with Gasteiger partial charge in [0.15, 0.2) is 0 Å². The SMILES string of the molecule is Cc1cc(C(C)N2CCC(OCC(=O)O)CC2)c(C)o1. The van der Waals surface area contributed by atoms with Gasteiger partial charge in [-0.25, -0.2) is 4.79 Å². The minimum Gasteiger partial charge on any atom is -0.480 e. The third kappa shape index (κ3) is 3.61. The second-order valence-electron chi connectivity index (χ2n) is 5.48. The van der Waals surface area contributed by atoms with E-state index in [-0.39, 0.29) is 12.7 Å². The molecule has 1 fully saturated rings. The predicted octanol–water partition coefficient (Wildman–Crippen LogP) is 2.52. The number of aryl methyl sites for hydroxylation is 2. The van der Waals surface area contributed by atoms with Crippen LogP contribution in [0, 0.1) is 13.8 Å². The highest BCUT2D eigenvalue weighted by molar-refractivity contribution is 5.68. The first-order chi connectivity index (χ1) is 9.47. The van der Waals surface area contributed by atoms with Gasteiger partial charge in [0.25, 0.3) is 0 Å². The lowest BCUT2D eigenvalue weighted by Crippen LogP contribution is -2.39. The second-order valence-corrected chi connectivity index (χ2v) is 5.48. The zero-order chi connectivity index (χ0) is 14.7. The lowest BCUT2D eigenvalue weighted by molar-refractivity contribution is -0.145. The quantitative estimate of drug-likeness (QED) is 0.898. The smallest absolute Gasteiger partial charge is 0.329 e. The van der Waals surface area contributed by atoms with Crippen molar-refractivity contribution in [1.29, 1.82) is 0 Å². The molecule has 1 atom stereocenters. The average Bonchev–Trinajstić information content (AvgIpc) is 2.75. The molecular weight excluding hydrogens is 258 g/mol. The fourth-order valence-electron chi connectivity index (χ4n) is 2.88. The van der Waals surface area contributed by atoms with Crippen molar-refractivity contribution in [2.24, 2.45) is 0 Å². The zero-order valence-corrected chi connectivity index (χ0v) is 12.4. The summed E-state index contributed by atoms with van der Waals surface area (Å²) in [5, 5.41) is 8.62. The molecule has 0 radical (unpaired) electrons. The maximum absolute atomic E-state index is 10.5. The Morgan fingerprint density at radius 2 is 2.15 bits per heavy atom. The lowest BCUT2D eigenvalue weighted by atomic mass is 10.0. The number of likely N-dealkylation sites (tertiary alicyclic amines) is 1. The number of piperidine rings is 1. The first-order valence-corrected chi connectivity index (χ1v) is 7.11. The average molecular weight is 281 g/mol. The van der Waals surface area contributed by atoms with Gasteiger partial charge in [0.05, 0.1) is 6.10 Å². The minimum absolute atomic E-state index is 0.0710. The molecule has 1 aliphatic rings. The van der Waals surface area contributed by atoms with Crippen LogP contribution in [0.4, 0.5) is 0 Å². The number of aliphatic carboxylic acids is 1. The van der Waals surface area contributed by atoms with Gasteiger partial charge in [0.2, 0.25) is 0 Å². The van der Waals surface area contributed by atoms with Crippen molar-refractivity contribution in [1.82, 2.24) is 4.90 Å². The van der Waals surface area contributed by atoms with E-state index in [0.717, 1.165) is 37.5 Å². The summed E-state index contributed by atoms with van der Waals surface area (Å²) in [4.78, 5) is 12.9. The van der Waals surface area contributed by atoms with Gasteiger partial charge in [-0.2, -0.15) is 0 Å². The van der Waals surface area contributed by atoms with Crippen molar-refractivity contribution < 1.29 is 19.1 Å². The van der Waals surface area contributed by atoms with E-state index >= 15 is 0 Å². The van der Waals surface area contributed by atoms with Gasteiger partial charge in [-0.05, 0) is 39.7 Å². The van der Waals surface area contributed by atoms with Crippen molar-refractivity contribution in [2.45, 2.75) is 45.8 Å². The standard InChI is InChI=1S/C15H23NO4/c1-10-8-14(12(3)20-10)11(2)16-6-4-13(5-7-16)19-9-15(17)18/h8,11,13H,4-7,9H2,1-3H3,(H,17,18). The van der Waals surface area contributed by atoms with Crippen molar-refractivity contribution >= 4 is 5.97 Å². The van der Waals surface area contributed by atoms with Gasteiger partial charge >= 0.3 is 5.97 Å². The molecular formula is C15H23NO4. The molecule has 1 unspecified atom stereocenters. The molecule has 2 heterocycles. The molecule has 1 saturated heterocycles. The summed E-state index contributed by atoms with van der Waals surface area (Å²) in [7, 11) is 0. The fraction of sp³-hybridized carbons (Fsp3) is 0.667. The van der Waals surface area contributed by atoms with Crippen LogP contribution in [0.15, 0.2) is 10.5 Å². The Morgan fingerprint density at radius 3 is 2.65 bits per heavy atom. The van der Waals surface area contributed by atoms with E-state index in [2.05, 4.69) is 17.9 Å². The Hall–Kier alpha value is -1.33. The Balaban J connectivity index is 1.87. The third-order valence-electron chi connectivity index (χ3n) is 4.00. The number of nitrogens with zero attached hydrogens (tertiary/aromatic N) is 1. The Bertz CT molecular complexity index is 460. The van der Waals surface area contributed by atoms with Crippen LogP contribution in [0.5, 0.6) is 0 Å². The molecule has 1 aliphatic heterocycles. The van der Waals surface area contributed by atoms with E-state index in [1.165, 1.54) is 5.56 Å². The molecule has 0 amide bonds. The maximum atomic E-state index is 10.5. The molecule has 5 heteroatoms. The van der Waals surface area contributed by atoms with Crippen LogP contribution in [0.2, 0.25) is 0 Å². The molecule has 112 valence electrons. The number of hydrogen-bond donors (Lipinski definition) is 1. The van der Waals surface area contributed by atoms with Crippen LogP contribution in [0.3, 0.4) is 0 Å². The summed E-state index contributed by atoms with van der Waals surface area (Å²) in [6, 6.07) is 2.43. The summed E-state index contributed by atoms with van der Waals surface area (Å²) >= 11 is 0. The van der Waals surface area contributed by atoms with Gasteiger partial charge in [-0.15, -0.1) is 0 Å². The van der Waals surface area contributed by atoms with Crippen LogP contribution in [0.25, 0.3) is 0 Å². The van der Waals surface area contributed by atoms with Gasteiger partial charge in [0, 0.05) is 24.7 Å². The normalized spacial score (nSPS) is 19.1. The van der Waals surface area contributed by atoms with Crippen LogP contribution in [-0.2, 0) is 9.53 Å². The van der Waals surface area contributed by atoms with Crippen LogP contribution in [-0.4, -0.2) is 41.8 Å². The summed E-state index contributed by atoms with van der Waals surface area (Å²) in [5.41, 5.74) is 1.24. The molecule has 0 spiro atoms. The number of carbonyl (C=O) groups is 1. The van der Waals surface area contributed by atoms with Crippen LogP contribution < -0.4 is 0 Å². The Kier molecular flexibility index (Phi) is 4.83. The fourth-order valence-corrected chi connectivity index (χ4v) is 2.88. The molecule has 0 aromatic carbocycles. The maximum Gasteiger partial charge on any atom is 0.329 e. The summed E-state index contributed by atoms with van der Waals surface area (Å²) < 4.78 is 11.0. The predicted molar refractivity (Wildman–Crippen MR) is 74.8 cm³/mol. The van der Waals surface area contributed by atoms with E-state index in [9.17, 15) is 4.79 Å². The van der Waals surface area contributed by atoms with E-state index in [4.69, 9.17) is 14.3 Å². The van der Waals surface area contributed by atoms with Gasteiger partial charge < -0.3 is 14.3 Å². The van der Waals surface area contributed by atoms with Crippen molar-refractivity contribution in [2.75, 3.05) is 19.7 Å². The number of rotatable bonds is 5. The topological polar surface area (TPSA) is 62.9 Å². The van der Waals surface area contributed by atoms with Gasteiger partial charge in [-0.3, -0.25) is 4.90 Å². The minimum atomic E-state index is -0.898. The lowest BCUT2D eigenvalue weighted by Gasteiger charge is -2.35.